The van der Waals surface area contributed by atoms with E-state index < -0.39 is 5.97 Å². The third kappa shape index (κ3) is 3.54. The summed E-state index contributed by atoms with van der Waals surface area (Å²) in [7, 11) is 0. The first-order valence-corrected chi connectivity index (χ1v) is 6.91. The van der Waals surface area contributed by atoms with Gasteiger partial charge in [-0.25, -0.2) is 4.79 Å². The molecule has 1 aromatic rings. The van der Waals surface area contributed by atoms with Crippen LogP contribution in [0.25, 0.3) is 0 Å². The highest BCUT2D eigenvalue weighted by molar-refractivity contribution is 9.10. The van der Waals surface area contributed by atoms with Crippen molar-refractivity contribution in [2.24, 2.45) is 0 Å². The molecule has 1 fully saturated rings. The van der Waals surface area contributed by atoms with Gasteiger partial charge in [0.05, 0.1) is 5.56 Å². The number of aromatic carboxylic acids is 1. The molecule has 0 amide bonds. The fourth-order valence-corrected chi connectivity index (χ4v) is 2.61. The molecule has 0 bridgehead atoms. The normalized spacial score (nSPS) is 17.4. The van der Waals surface area contributed by atoms with Crippen LogP contribution in [0.2, 0.25) is 0 Å². The van der Waals surface area contributed by atoms with Gasteiger partial charge in [0, 0.05) is 24.1 Å². The Hall–Kier alpha value is -0.910. The van der Waals surface area contributed by atoms with Gasteiger partial charge in [0.25, 0.3) is 0 Å². The van der Waals surface area contributed by atoms with Crippen molar-refractivity contribution < 1.29 is 9.90 Å². The van der Waals surface area contributed by atoms with E-state index in [9.17, 15) is 4.79 Å². The van der Waals surface area contributed by atoms with Gasteiger partial charge in [-0.15, -0.1) is 0 Å². The molecule has 0 aromatic heterocycles. The van der Waals surface area contributed by atoms with Crippen LogP contribution in [0.15, 0.2) is 22.7 Å². The molecule has 1 saturated heterocycles. The molecule has 98 valence electrons. The number of carbonyl (C=O) groups is 1. The Bertz CT molecular complexity index is 429. The number of nitrogens with zero attached hydrogens (tertiary/aromatic N) is 1. The van der Waals surface area contributed by atoms with Crippen LogP contribution in [0.4, 0.5) is 0 Å². The molecule has 2 rings (SSSR count). The van der Waals surface area contributed by atoms with E-state index in [-0.39, 0.29) is 0 Å². The molecule has 1 heterocycles. The number of rotatable bonds is 3. The first kappa shape index (κ1) is 13.5. The number of carboxylic acids is 1. The maximum atomic E-state index is 10.9. The lowest BCUT2D eigenvalue weighted by molar-refractivity contribution is 0.0697. The third-order valence-electron chi connectivity index (χ3n) is 3.13. The molecule has 0 unspecified atom stereocenters. The van der Waals surface area contributed by atoms with Crippen LogP contribution in [0.3, 0.4) is 0 Å². The lowest BCUT2D eigenvalue weighted by Crippen LogP contribution is -2.27. The quantitative estimate of drug-likeness (QED) is 0.895. The van der Waals surface area contributed by atoms with Crippen molar-refractivity contribution in [1.29, 1.82) is 0 Å². The van der Waals surface area contributed by atoms with E-state index in [1.54, 1.807) is 12.1 Å². The van der Waals surface area contributed by atoms with Gasteiger partial charge < -0.3 is 10.4 Å². The van der Waals surface area contributed by atoms with Gasteiger partial charge in [0.15, 0.2) is 0 Å². The number of halogens is 1. The summed E-state index contributed by atoms with van der Waals surface area (Å²) in [5.74, 6) is -0.888. The summed E-state index contributed by atoms with van der Waals surface area (Å²) in [5.41, 5.74) is 1.46. The largest absolute Gasteiger partial charge is 0.478 e. The maximum Gasteiger partial charge on any atom is 0.335 e. The lowest BCUT2D eigenvalue weighted by Gasteiger charge is -2.20. The monoisotopic (exact) mass is 312 g/mol. The Morgan fingerprint density at radius 3 is 2.94 bits per heavy atom. The van der Waals surface area contributed by atoms with E-state index in [0.717, 1.165) is 49.2 Å². The second kappa shape index (κ2) is 6.31. The molecule has 18 heavy (non-hydrogen) atoms. The lowest BCUT2D eigenvalue weighted by atomic mass is 10.1. The van der Waals surface area contributed by atoms with Crippen LogP contribution in [0, 0.1) is 0 Å². The minimum atomic E-state index is -0.888. The Morgan fingerprint density at radius 1 is 1.39 bits per heavy atom. The van der Waals surface area contributed by atoms with E-state index in [2.05, 4.69) is 26.1 Å². The zero-order valence-electron chi connectivity index (χ0n) is 10.2. The SMILES string of the molecule is O=C(O)c1ccc(CN2CCCNCC2)c(Br)c1. The number of nitrogens with one attached hydrogen (secondary N) is 1. The molecular formula is C13H17BrN2O2. The molecule has 1 aromatic carbocycles. The summed E-state index contributed by atoms with van der Waals surface area (Å²) >= 11 is 3.46. The van der Waals surface area contributed by atoms with E-state index >= 15 is 0 Å². The van der Waals surface area contributed by atoms with Crippen LogP contribution in [0.1, 0.15) is 22.3 Å². The van der Waals surface area contributed by atoms with Crippen molar-refractivity contribution in [3.8, 4) is 0 Å². The average Bonchev–Trinajstić information content (AvgIpc) is 2.60. The molecule has 0 spiro atoms. The number of carboxylic acid groups (broad SMARTS) is 1. The van der Waals surface area contributed by atoms with Gasteiger partial charge in [-0.3, -0.25) is 4.90 Å². The molecule has 0 radical (unpaired) electrons. The number of benzene rings is 1. The van der Waals surface area contributed by atoms with Crippen molar-refractivity contribution in [3.05, 3.63) is 33.8 Å². The summed E-state index contributed by atoms with van der Waals surface area (Å²) < 4.78 is 0.875. The predicted molar refractivity (Wildman–Crippen MR) is 73.9 cm³/mol. The highest BCUT2D eigenvalue weighted by Gasteiger charge is 2.12. The highest BCUT2D eigenvalue weighted by atomic mass is 79.9. The second-order valence-corrected chi connectivity index (χ2v) is 5.35. The number of hydrogen-bond donors (Lipinski definition) is 2. The van der Waals surface area contributed by atoms with Crippen molar-refractivity contribution in [2.75, 3.05) is 26.2 Å². The average molecular weight is 313 g/mol. The molecule has 0 atom stereocenters. The third-order valence-corrected chi connectivity index (χ3v) is 3.86. The van der Waals surface area contributed by atoms with E-state index in [0.29, 0.717) is 5.56 Å². The Balaban J connectivity index is 2.06. The summed E-state index contributed by atoms with van der Waals surface area (Å²) in [6.07, 6.45) is 1.16. The molecular weight excluding hydrogens is 296 g/mol. The summed E-state index contributed by atoms with van der Waals surface area (Å²) in [6, 6.07) is 5.23. The molecule has 1 aliphatic rings. The van der Waals surface area contributed by atoms with Crippen LogP contribution < -0.4 is 5.32 Å². The Kier molecular flexibility index (Phi) is 4.74. The van der Waals surface area contributed by atoms with E-state index in [1.165, 1.54) is 0 Å². The van der Waals surface area contributed by atoms with Crippen LogP contribution in [-0.2, 0) is 6.54 Å². The van der Waals surface area contributed by atoms with Gasteiger partial charge in [-0.2, -0.15) is 0 Å². The van der Waals surface area contributed by atoms with E-state index in [1.807, 2.05) is 6.07 Å². The first-order valence-electron chi connectivity index (χ1n) is 6.11. The van der Waals surface area contributed by atoms with Crippen LogP contribution in [0.5, 0.6) is 0 Å². The van der Waals surface area contributed by atoms with Crippen LogP contribution in [-0.4, -0.2) is 42.2 Å². The summed E-state index contributed by atoms with van der Waals surface area (Å²) in [4.78, 5) is 13.2. The number of hydrogen-bond acceptors (Lipinski definition) is 3. The smallest absolute Gasteiger partial charge is 0.335 e. The van der Waals surface area contributed by atoms with Crippen molar-refractivity contribution in [3.63, 3.8) is 0 Å². The summed E-state index contributed by atoms with van der Waals surface area (Å²) in [6.45, 7) is 5.08. The molecule has 4 nitrogen and oxygen atoms in total. The molecule has 1 aliphatic heterocycles. The van der Waals surface area contributed by atoms with E-state index in [4.69, 9.17) is 5.11 Å². The molecule has 0 aliphatic carbocycles. The fourth-order valence-electron chi connectivity index (χ4n) is 2.11. The first-order chi connectivity index (χ1) is 8.66. The molecule has 0 saturated carbocycles. The Morgan fingerprint density at radius 2 is 2.22 bits per heavy atom. The van der Waals surface area contributed by atoms with Gasteiger partial charge in [0.2, 0.25) is 0 Å². The standard InChI is InChI=1S/C13H17BrN2O2/c14-12-8-10(13(17)18)2-3-11(12)9-16-6-1-4-15-5-7-16/h2-3,8,15H,1,4-7,9H2,(H,17,18). The second-order valence-electron chi connectivity index (χ2n) is 4.49. The predicted octanol–water partition coefficient (Wildman–Crippen LogP) is 1.94. The van der Waals surface area contributed by atoms with Gasteiger partial charge in [0.1, 0.15) is 0 Å². The van der Waals surface area contributed by atoms with Crippen molar-refractivity contribution in [1.82, 2.24) is 10.2 Å². The van der Waals surface area contributed by atoms with Gasteiger partial charge in [-0.1, -0.05) is 22.0 Å². The van der Waals surface area contributed by atoms with Crippen LogP contribution >= 0.6 is 15.9 Å². The minimum Gasteiger partial charge on any atom is -0.478 e. The maximum absolute atomic E-state index is 10.9. The Labute approximate surface area is 115 Å². The summed E-state index contributed by atoms with van der Waals surface area (Å²) in [5, 5.41) is 12.3. The molecule has 5 heteroatoms. The van der Waals surface area contributed by atoms with Gasteiger partial charge >= 0.3 is 5.97 Å². The van der Waals surface area contributed by atoms with Crippen molar-refractivity contribution in [2.45, 2.75) is 13.0 Å². The topological polar surface area (TPSA) is 52.6 Å². The van der Waals surface area contributed by atoms with Crippen molar-refractivity contribution >= 4 is 21.9 Å². The minimum absolute atomic E-state index is 0.322. The van der Waals surface area contributed by atoms with Gasteiger partial charge in [-0.05, 0) is 37.2 Å². The fraction of sp³-hybridized carbons (Fsp3) is 0.462. The zero-order chi connectivity index (χ0) is 13.0. The molecule has 2 N–H and O–H groups in total. The highest BCUT2D eigenvalue weighted by Crippen LogP contribution is 2.20. The zero-order valence-corrected chi connectivity index (χ0v) is 11.7.